The van der Waals surface area contributed by atoms with Crippen LogP contribution in [0.15, 0.2) is 48.5 Å². The van der Waals surface area contributed by atoms with Gasteiger partial charge in [0, 0.05) is 31.7 Å². The van der Waals surface area contributed by atoms with Gasteiger partial charge in [-0.25, -0.2) is 0 Å². The number of piperazine rings is 1. The number of phenols is 1. The zero-order chi connectivity index (χ0) is 19.2. The summed E-state index contributed by atoms with van der Waals surface area (Å²) >= 11 is 0. The second-order valence-electron chi connectivity index (χ2n) is 6.48. The van der Waals surface area contributed by atoms with Crippen LogP contribution >= 0.6 is 0 Å². The van der Waals surface area contributed by atoms with Crippen LogP contribution in [0.1, 0.15) is 22.8 Å². The van der Waals surface area contributed by atoms with E-state index in [4.69, 9.17) is 4.74 Å². The number of rotatable bonds is 5. The lowest BCUT2D eigenvalue weighted by molar-refractivity contribution is -0.131. The number of benzene rings is 2. The van der Waals surface area contributed by atoms with Crippen molar-refractivity contribution in [2.24, 2.45) is 0 Å². The average molecular weight is 368 g/mol. The highest BCUT2D eigenvalue weighted by Gasteiger charge is 2.25. The van der Waals surface area contributed by atoms with E-state index in [0.717, 1.165) is 11.3 Å². The van der Waals surface area contributed by atoms with Gasteiger partial charge in [-0.15, -0.1) is 0 Å². The third kappa shape index (κ3) is 4.78. The highest BCUT2D eigenvalue weighted by atomic mass is 16.5. The van der Waals surface area contributed by atoms with Crippen molar-refractivity contribution in [3.8, 4) is 11.5 Å². The van der Waals surface area contributed by atoms with Crippen molar-refractivity contribution < 1.29 is 19.4 Å². The first-order chi connectivity index (χ1) is 13.1. The maximum atomic E-state index is 12.5. The molecule has 6 nitrogen and oxygen atoms in total. The summed E-state index contributed by atoms with van der Waals surface area (Å²) in [5.74, 6) is 0.811. The van der Waals surface area contributed by atoms with E-state index in [1.807, 2.05) is 31.2 Å². The number of carbonyl (C=O) groups is 2. The molecule has 0 saturated carbocycles. The molecule has 0 radical (unpaired) electrons. The predicted molar refractivity (Wildman–Crippen MR) is 102 cm³/mol. The topological polar surface area (TPSA) is 70.1 Å². The molecule has 6 heteroatoms. The fraction of sp³-hybridized carbons (Fsp3) is 0.333. The standard InChI is InChI=1S/C21H24N2O4/c1-2-27-19-8-6-16(7-9-19)14-20(25)22-10-12-23(13-11-22)21(26)17-4-3-5-18(24)15-17/h3-9,15,24H,2,10-14H2,1H3. The Bertz CT molecular complexity index is 796. The van der Waals surface area contributed by atoms with Gasteiger partial charge in [0.1, 0.15) is 11.5 Å². The number of aromatic hydroxyl groups is 1. The normalized spacial score (nSPS) is 14.1. The average Bonchev–Trinajstić information content (AvgIpc) is 2.69. The Morgan fingerprint density at radius 1 is 1.00 bits per heavy atom. The van der Waals surface area contributed by atoms with Crippen LogP contribution < -0.4 is 4.74 Å². The monoisotopic (exact) mass is 368 g/mol. The fourth-order valence-electron chi connectivity index (χ4n) is 3.14. The van der Waals surface area contributed by atoms with Gasteiger partial charge in [-0.2, -0.15) is 0 Å². The second-order valence-corrected chi connectivity index (χ2v) is 6.48. The SMILES string of the molecule is CCOc1ccc(CC(=O)N2CCN(C(=O)c3cccc(O)c3)CC2)cc1. The molecule has 0 aromatic heterocycles. The molecule has 1 heterocycles. The van der Waals surface area contributed by atoms with Crippen molar-refractivity contribution >= 4 is 11.8 Å². The molecule has 2 aromatic rings. The summed E-state index contributed by atoms with van der Waals surface area (Å²) in [5.41, 5.74) is 1.41. The zero-order valence-electron chi connectivity index (χ0n) is 15.4. The molecule has 3 rings (SSSR count). The van der Waals surface area contributed by atoms with E-state index in [1.54, 1.807) is 21.9 Å². The molecule has 0 atom stereocenters. The van der Waals surface area contributed by atoms with Crippen LogP contribution in [0, 0.1) is 0 Å². The van der Waals surface area contributed by atoms with E-state index in [0.29, 0.717) is 44.8 Å². The first kappa shape index (κ1) is 18.8. The fourth-order valence-corrected chi connectivity index (χ4v) is 3.14. The van der Waals surface area contributed by atoms with Crippen LogP contribution in [-0.4, -0.2) is 59.5 Å². The van der Waals surface area contributed by atoms with Gasteiger partial charge >= 0.3 is 0 Å². The van der Waals surface area contributed by atoms with Gasteiger partial charge < -0.3 is 19.6 Å². The highest BCUT2D eigenvalue weighted by molar-refractivity contribution is 5.94. The van der Waals surface area contributed by atoms with E-state index in [2.05, 4.69) is 0 Å². The van der Waals surface area contributed by atoms with Gasteiger partial charge in [0.05, 0.1) is 13.0 Å². The van der Waals surface area contributed by atoms with E-state index in [1.165, 1.54) is 12.1 Å². The molecule has 2 amide bonds. The van der Waals surface area contributed by atoms with Gasteiger partial charge in [-0.3, -0.25) is 9.59 Å². The molecule has 1 saturated heterocycles. The molecule has 1 fully saturated rings. The van der Waals surface area contributed by atoms with Crippen LogP contribution in [0.4, 0.5) is 0 Å². The van der Waals surface area contributed by atoms with Crippen LogP contribution in [-0.2, 0) is 11.2 Å². The Morgan fingerprint density at radius 3 is 2.30 bits per heavy atom. The molecule has 0 spiro atoms. The Kier molecular flexibility index (Phi) is 5.96. The lowest BCUT2D eigenvalue weighted by atomic mass is 10.1. The molecule has 2 aromatic carbocycles. The maximum absolute atomic E-state index is 12.5. The molecule has 0 bridgehead atoms. The molecular weight excluding hydrogens is 344 g/mol. The number of hydrogen-bond acceptors (Lipinski definition) is 4. The van der Waals surface area contributed by atoms with Crippen molar-refractivity contribution in [1.82, 2.24) is 9.80 Å². The van der Waals surface area contributed by atoms with Gasteiger partial charge in [-0.1, -0.05) is 18.2 Å². The molecule has 1 aliphatic rings. The molecule has 142 valence electrons. The lowest BCUT2D eigenvalue weighted by Crippen LogP contribution is -2.51. The second kappa shape index (κ2) is 8.58. The largest absolute Gasteiger partial charge is 0.508 e. The van der Waals surface area contributed by atoms with E-state index in [9.17, 15) is 14.7 Å². The zero-order valence-corrected chi connectivity index (χ0v) is 15.4. The molecular formula is C21H24N2O4. The summed E-state index contributed by atoms with van der Waals surface area (Å²) < 4.78 is 5.41. The Balaban J connectivity index is 1.52. The van der Waals surface area contributed by atoms with Crippen LogP contribution in [0.5, 0.6) is 11.5 Å². The van der Waals surface area contributed by atoms with Crippen LogP contribution in [0.2, 0.25) is 0 Å². The van der Waals surface area contributed by atoms with Crippen molar-refractivity contribution in [3.63, 3.8) is 0 Å². The van der Waals surface area contributed by atoms with E-state index < -0.39 is 0 Å². The third-order valence-corrected chi connectivity index (χ3v) is 4.60. The number of hydrogen-bond donors (Lipinski definition) is 1. The Hall–Kier alpha value is -3.02. The number of ether oxygens (including phenoxy) is 1. The number of amides is 2. The van der Waals surface area contributed by atoms with Crippen molar-refractivity contribution in [1.29, 1.82) is 0 Å². The molecule has 0 unspecified atom stereocenters. The van der Waals surface area contributed by atoms with Crippen molar-refractivity contribution in [2.45, 2.75) is 13.3 Å². The Labute approximate surface area is 159 Å². The first-order valence-electron chi connectivity index (χ1n) is 9.14. The molecule has 27 heavy (non-hydrogen) atoms. The summed E-state index contributed by atoms with van der Waals surface area (Å²) in [6.07, 6.45) is 0.340. The summed E-state index contributed by atoms with van der Waals surface area (Å²) in [7, 11) is 0. The van der Waals surface area contributed by atoms with Gasteiger partial charge in [0.25, 0.3) is 5.91 Å². The quantitative estimate of drug-likeness (QED) is 0.879. The summed E-state index contributed by atoms with van der Waals surface area (Å²) in [6.45, 7) is 4.56. The number of phenolic OH excluding ortho intramolecular Hbond substituents is 1. The number of carbonyl (C=O) groups excluding carboxylic acids is 2. The van der Waals surface area contributed by atoms with Gasteiger partial charge in [-0.05, 0) is 42.8 Å². The minimum absolute atomic E-state index is 0.0589. The van der Waals surface area contributed by atoms with Gasteiger partial charge in [0.15, 0.2) is 0 Å². The minimum atomic E-state index is -0.121. The van der Waals surface area contributed by atoms with E-state index in [-0.39, 0.29) is 17.6 Å². The summed E-state index contributed by atoms with van der Waals surface area (Å²) in [4.78, 5) is 28.5. The predicted octanol–water partition coefficient (Wildman–Crippen LogP) is 2.32. The lowest BCUT2D eigenvalue weighted by Gasteiger charge is -2.35. The third-order valence-electron chi connectivity index (χ3n) is 4.60. The van der Waals surface area contributed by atoms with Gasteiger partial charge in [0.2, 0.25) is 5.91 Å². The molecule has 1 N–H and O–H groups in total. The molecule has 0 aliphatic carbocycles. The first-order valence-corrected chi connectivity index (χ1v) is 9.14. The smallest absolute Gasteiger partial charge is 0.254 e. The minimum Gasteiger partial charge on any atom is -0.508 e. The van der Waals surface area contributed by atoms with Crippen LogP contribution in [0.3, 0.4) is 0 Å². The molecule has 1 aliphatic heterocycles. The van der Waals surface area contributed by atoms with E-state index >= 15 is 0 Å². The summed E-state index contributed by atoms with van der Waals surface area (Å²) in [6, 6.07) is 13.9. The van der Waals surface area contributed by atoms with Crippen LogP contribution in [0.25, 0.3) is 0 Å². The van der Waals surface area contributed by atoms with Crippen molar-refractivity contribution in [3.05, 3.63) is 59.7 Å². The number of nitrogens with zero attached hydrogens (tertiary/aromatic N) is 2. The highest BCUT2D eigenvalue weighted by Crippen LogP contribution is 2.16. The Morgan fingerprint density at radius 2 is 1.67 bits per heavy atom. The summed E-state index contributed by atoms with van der Waals surface area (Å²) in [5, 5.41) is 9.53. The maximum Gasteiger partial charge on any atom is 0.254 e. The van der Waals surface area contributed by atoms with Crippen molar-refractivity contribution in [2.75, 3.05) is 32.8 Å².